The van der Waals surface area contributed by atoms with Gasteiger partial charge in [-0.2, -0.15) is 0 Å². The number of carbonyl (C=O) groups is 2. The lowest BCUT2D eigenvalue weighted by atomic mass is 9.86. The fourth-order valence-electron chi connectivity index (χ4n) is 1.12. The summed E-state index contributed by atoms with van der Waals surface area (Å²) in [5.74, 6) is -2.11. The lowest BCUT2D eigenvalue weighted by Crippen LogP contribution is -2.43. The van der Waals surface area contributed by atoms with Crippen molar-refractivity contribution in [1.29, 1.82) is 0 Å². The summed E-state index contributed by atoms with van der Waals surface area (Å²) >= 11 is 0. The Morgan fingerprint density at radius 2 is 1.30 bits per heavy atom. The quantitative estimate of drug-likeness (QED) is 0.282. The molecule has 2 atom stereocenters. The molecule has 0 saturated heterocycles. The zero-order valence-corrected chi connectivity index (χ0v) is 14.2. The first kappa shape index (κ1) is 23.8. The van der Waals surface area contributed by atoms with Gasteiger partial charge in [0.25, 0.3) is 0 Å². The Balaban J connectivity index is 0. The number of esters is 2. The monoisotopic (exact) mass is 334 g/mol. The molecule has 0 aromatic carbocycles. The van der Waals surface area contributed by atoms with Crippen LogP contribution in [0, 0.1) is 0 Å². The maximum absolute atomic E-state index is 11.1. The third-order valence-corrected chi connectivity index (χ3v) is 2.07. The summed E-state index contributed by atoms with van der Waals surface area (Å²) in [6.07, 6.45) is -0.908. The van der Waals surface area contributed by atoms with E-state index in [1.165, 1.54) is 0 Å². The largest absolute Gasteiger partial charge is 0.461 e. The molecule has 0 radical (unpaired) electrons. The molecule has 8 nitrogen and oxygen atoms in total. The topological polar surface area (TPSA) is 134 Å². The summed E-state index contributed by atoms with van der Waals surface area (Å²) in [4.78, 5) is 22.3. The van der Waals surface area contributed by atoms with Crippen molar-refractivity contribution < 1.29 is 39.3 Å². The molecule has 0 heterocycles. The molecule has 0 aromatic heterocycles. The van der Waals surface area contributed by atoms with Gasteiger partial charge in [-0.3, -0.25) is 0 Å². The predicted octanol–water partition coefficient (Wildman–Crippen LogP) is -0.353. The Morgan fingerprint density at radius 1 is 0.957 bits per heavy atom. The number of hydrogen-bond donors (Lipinski definition) is 4. The summed E-state index contributed by atoms with van der Waals surface area (Å²) in [5.41, 5.74) is 0. The van der Waals surface area contributed by atoms with Crippen molar-refractivity contribution in [2.24, 2.45) is 0 Å². The molecule has 0 amide bonds. The van der Waals surface area contributed by atoms with Crippen LogP contribution in [0.4, 0.5) is 0 Å². The van der Waals surface area contributed by atoms with Crippen LogP contribution in [0.25, 0.3) is 0 Å². The van der Waals surface area contributed by atoms with E-state index in [4.69, 9.17) is 10.0 Å². The molecular formula is C14H27BO8. The van der Waals surface area contributed by atoms with Crippen LogP contribution < -0.4 is 0 Å². The number of rotatable bonds is 7. The number of aliphatic hydroxyl groups excluding tert-OH is 2. The predicted molar refractivity (Wildman–Crippen MR) is 84.3 cm³/mol. The van der Waals surface area contributed by atoms with Crippen LogP contribution in [0.15, 0.2) is 12.2 Å². The summed E-state index contributed by atoms with van der Waals surface area (Å²) in [7, 11) is -1.18. The molecule has 0 aromatic rings. The zero-order valence-electron chi connectivity index (χ0n) is 14.2. The fourth-order valence-corrected chi connectivity index (χ4v) is 1.12. The van der Waals surface area contributed by atoms with Crippen molar-refractivity contribution >= 4 is 19.1 Å². The van der Waals surface area contributed by atoms with Crippen LogP contribution in [0.2, 0.25) is 6.32 Å². The summed E-state index contributed by atoms with van der Waals surface area (Å²) in [6, 6.07) is 0. The molecule has 0 bridgehead atoms. The van der Waals surface area contributed by atoms with Gasteiger partial charge in [-0.15, -0.1) is 0 Å². The zero-order chi connectivity index (χ0) is 18.6. The molecule has 0 rings (SSSR count). The van der Waals surface area contributed by atoms with Crippen molar-refractivity contribution in [3.05, 3.63) is 12.2 Å². The SMILES string of the molecule is C/C=C/CB(O)O.CC(C)OC(=O)[C@H](O)[C@@H](O)C(=O)OC(C)C. The molecule has 4 N–H and O–H groups in total. The highest BCUT2D eigenvalue weighted by molar-refractivity contribution is 6.41. The van der Waals surface area contributed by atoms with Gasteiger partial charge in [0, 0.05) is 0 Å². The summed E-state index contributed by atoms with van der Waals surface area (Å²) in [6.45, 7) is 8.18. The molecule has 0 aliphatic heterocycles. The number of ether oxygens (including phenoxy) is 2. The van der Waals surface area contributed by atoms with Crippen LogP contribution in [-0.2, 0) is 19.1 Å². The van der Waals surface area contributed by atoms with E-state index in [2.05, 4.69) is 9.47 Å². The van der Waals surface area contributed by atoms with Gasteiger partial charge in [0.15, 0.2) is 12.2 Å². The Kier molecular flexibility index (Phi) is 13.5. The highest BCUT2D eigenvalue weighted by Gasteiger charge is 2.33. The van der Waals surface area contributed by atoms with Crippen molar-refractivity contribution in [2.75, 3.05) is 0 Å². The molecule has 9 heteroatoms. The minimum absolute atomic E-state index is 0.330. The average Bonchev–Trinajstić information content (AvgIpc) is 2.42. The van der Waals surface area contributed by atoms with Crippen molar-refractivity contribution in [3.8, 4) is 0 Å². The standard InChI is InChI=1S/C10H18O6.C4H9BO2/c1-5(2)15-9(13)7(11)8(12)10(14)16-6(3)4;1-2-3-4-5(6)7/h5-8,11-12H,1-4H3;2-3,6-7H,4H2,1H3/b;3-2+/t7-,8-;/m1./s1. The maximum Gasteiger partial charge on any atom is 0.455 e. The maximum atomic E-state index is 11.1. The molecule has 0 unspecified atom stereocenters. The van der Waals surface area contributed by atoms with E-state index in [-0.39, 0.29) is 0 Å². The van der Waals surface area contributed by atoms with Crippen LogP contribution in [0.5, 0.6) is 0 Å². The third-order valence-electron chi connectivity index (χ3n) is 2.07. The van der Waals surface area contributed by atoms with Gasteiger partial charge in [0.05, 0.1) is 12.2 Å². The van der Waals surface area contributed by atoms with Crippen LogP contribution in [0.1, 0.15) is 34.6 Å². The Morgan fingerprint density at radius 3 is 1.48 bits per heavy atom. The van der Waals surface area contributed by atoms with E-state index in [0.29, 0.717) is 6.32 Å². The van der Waals surface area contributed by atoms with E-state index in [0.717, 1.165) is 0 Å². The number of allylic oxidation sites excluding steroid dienone is 2. The second kappa shape index (κ2) is 13.1. The highest BCUT2D eigenvalue weighted by atomic mass is 16.6. The molecular weight excluding hydrogens is 307 g/mol. The van der Waals surface area contributed by atoms with Gasteiger partial charge in [-0.05, 0) is 40.9 Å². The number of hydrogen-bond acceptors (Lipinski definition) is 8. The highest BCUT2D eigenvalue weighted by Crippen LogP contribution is 2.03. The second-order valence-electron chi connectivity index (χ2n) is 5.15. The lowest BCUT2D eigenvalue weighted by molar-refractivity contribution is -0.177. The first-order valence-electron chi connectivity index (χ1n) is 7.27. The molecule has 0 saturated carbocycles. The molecule has 0 fully saturated rings. The van der Waals surface area contributed by atoms with E-state index >= 15 is 0 Å². The smallest absolute Gasteiger partial charge is 0.455 e. The Hall–Kier alpha value is -1.42. The van der Waals surface area contributed by atoms with Crippen LogP contribution in [-0.4, -0.2) is 63.7 Å². The summed E-state index contributed by atoms with van der Waals surface area (Å²) in [5, 5.41) is 35.0. The van der Waals surface area contributed by atoms with Gasteiger partial charge < -0.3 is 29.7 Å². The fraction of sp³-hybridized carbons (Fsp3) is 0.714. The average molecular weight is 334 g/mol. The minimum atomic E-state index is -1.92. The Labute approximate surface area is 136 Å². The molecule has 0 aliphatic carbocycles. The second-order valence-corrected chi connectivity index (χ2v) is 5.15. The third kappa shape index (κ3) is 13.9. The minimum Gasteiger partial charge on any atom is -0.461 e. The van der Waals surface area contributed by atoms with Gasteiger partial charge >= 0.3 is 19.1 Å². The van der Waals surface area contributed by atoms with E-state index in [1.54, 1.807) is 39.8 Å². The van der Waals surface area contributed by atoms with E-state index in [1.807, 2.05) is 6.92 Å². The van der Waals surface area contributed by atoms with Gasteiger partial charge in [0.1, 0.15) is 0 Å². The van der Waals surface area contributed by atoms with Crippen molar-refractivity contribution in [2.45, 2.75) is 65.4 Å². The number of aliphatic hydroxyl groups is 2. The van der Waals surface area contributed by atoms with Gasteiger partial charge in [-0.25, -0.2) is 9.59 Å². The van der Waals surface area contributed by atoms with Gasteiger partial charge in [-0.1, -0.05) is 12.2 Å². The van der Waals surface area contributed by atoms with Gasteiger partial charge in [0.2, 0.25) is 0 Å². The van der Waals surface area contributed by atoms with E-state index < -0.39 is 43.5 Å². The van der Waals surface area contributed by atoms with Crippen molar-refractivity contribution in [1.82, 2.24) is 0 Å². The first-order valence-corrected chi connectivity index (χ1v) is 7.27. The Bertz CT molecular complexity index is 342. The van der Waals surface area contributed by atoms with Crippen molar-refractivity contribution in [3.63, 3.8) is 0 Å². The molecule has 134 valence electrons. The van der Waals surface area contributed by atoms with Crippen LogP contribution in [0.3, 0.4) is 0 Å². The van der Waals surface area contributed by atoms with Crippen LogP contribution >= 0.6 is 0 Å². The van der Waals surface area contributed by atoms with E-state index in [9.17, 15) is 19.8 Å². The molecule has 0 aliphatic rings. The first-order chi connectivity index (χ1) is 10.5. The lowest BCUT2D eigenvalue weighted by Gasteiger charge is -2.18. The normalized spacial score (nSPS) is 13.3. The number of carbonyl (C=O) groups excluding carboxylic acids is 2. The summed E-state index contributed by atoms with van der Waals surface area (Å²) < 4.78 is 9.26. The molecule has 0 spiro atoms. The molecule has 23 heavy (non-hydrogen) atoms.